The first-order chi connectivity index (χ1) is 12.2. The van der Waals surface area contributed by atoms with Gasteiger partial charge in [0.05, 0.1) is 34.4 Å². The first-order valence-electron chi connectivity index (χ1n) is 7.57. The van der Waals surface area contributed by atoms with Crippen molar-refractivity contribution in [3.8, 4) is 11.5 Å². The van der Waals surface area contributed by atoms with Gasteiger partial charge in [-0.15, -0.1) is 0 Å². The molecule has 0 heterocycles. The van der Waals surface area contributed by atoms with Gasteiger partial charge in [-0.1, -0.05) is 23.2 Å². The molecule has 0 spiro atoms. The zero-order valence-electron chi connectivity index (χ0n) is 14.4. The fraction of sp³-hybridized carbons (Fsp3) is 0.235. The minimum Gasteiger partial charge on any atom is -0.493 e. The number of sulfonamides is 1. The van der Waals surface area contributed by atoms with Gasteiger partial charge in [-0.25, -0.2) is 4.83 Å². The molecule has 6 nitrogen and oxygen atoms in total. The van der Waals surface area contributed by atoms with Crippen molar-refractivity contribution in [3.05, 3.63) is 52.0 Å². The summed E-state index contributed by atoms with van der Waals surface area (Å²) < 4.78 is 35.4. The van der Waals surface area contributed by atoms with Crippen LogP contribution < -0.4 is 14.3 Å². The van der Waals surface area contributed by atoms with Crippen LogP contribution in [0.3, 0.4) is 0 Å². The average molecular weight is 417 g/mol. The van der Waals surface area contributed by atoms with E-state index in [1.54, 1.807) is 25.3 Å². The summed E-state index contributed by atoms with van der Waals surface area (Å²) in [7, 11) is -2.32. The van der Waals surface area contributed by atoms with Crippen LogP contribution in [0.2, 0.25) is 10.0 Å². The zero-order chi connectivity index (χ0) is 19.3. The largest absolute Gasteiger partial charge is 0.493 e. The molecule has 0 aliphatic heterocycles. The summed E-state index contributed by atoms with van der Waals surface area (Å²) in [6, 6.07) is 9.14. The van der Waals surface area contributed by atoms with Crippen molar-refractivity contribution in [1.82, 2.24) is 4.83 Å². The van der Waals surface area contributed by atoms with Crippen LogP contribution in [0.15, 0.2) is 46.4 Å². The molecule has 0 aliphatic carbocycles. The summed E-state index contributed by atoms with van der Waals surface area (Å²) >= 11 is 11.6. The van der Waals surface area contributed by atoms with Crippen molar-refractivity contribution < 1.29 is 17.9 Å². The van der Waals surface area contributed by atoms with Crippen LogP contribution in [0, 0.1) is 0 Å². The molecule has 0 saturated carbocycles. The summed E-state index contributed by atoms with van der Waals surface area (Å²) in [4.78, 5) is 2.09. The fourth-order valence-electron chi connectivity index (χ4n) is 1.99. The van der Waals surface area contributed by atoms with Crippen molar-refractivity contribution in [3.63, 3.8) is 0 Å². The number of ether oxygens (including phenoxy) is 2. The number of rotatable bonds is 7. The van der Waals surface area contributed by atoms with Crippen molar-refractivity contribution >= 4 is 39.4 Å². The van der Waals surface area contributed by atoms with Gasteiger partial charge in [0.25, 0.3) is 10.0 Å². The predicted octanol–water partition coefficient (Wildman–Crippen LogP) is 4.10. The maximum atomic E-state index is 12.2. The Hall–Kier alpha value is -1.96. The molecule has 0 saturated heterocycles. The van der Waals surface area contributed by atoms with Crippen molar-refractivity contribution in [2.24, 2.45) is 5.10 Å². The lowest BCUT2D eigenvalue weighted by Crippen LogP contribution is -2.18. The number of hydrazone groups is 1. The van der Waals surface area contributed by atoms with Crippen LogP contribution in [0.1, 0.15) is 19.4 Å². The summed E-state index contributed by atoms with van der Waals surface area (Å²) in [6.45, 7) is 3.79. The zero-order valence-corrected chi connectivity index (χ0v) is 16.7. The molecule has 140 valence electrons. The highest BCUT2D eigenvalue weighted by atomic mass is 35.5. The van der Waals surface area contributed by atoms with Gasteiger partial charge < -0.3 is 9.47 Å². The van der Waals surface area contributed by atoms with E-state index >= 15 is 0 Å². The molecule has 0 aromatic heterocycles. The van der Waals surface area contributed by atoms with E-state index in [-0.39, 0.29) is 21.0 Å². The highest BCUT2D eigenvalue weighted by Crippen LogP contribution is 2.28. The van der Waals surface area contributed by atoms with Gasteiger partial charge in [0, 0.05) is 0 Å². The third-order valence-corrected chi connectivity index (χ3v) is 5.10. The third kappa shape index (κ3) is 5.27. The average Bonchev–Trinajstić information content (AvgIpc) is 2.57. The lowest BCUT2D eigenvalue weighted by atomic mass is 10.2. The van der Waals surface area contributed by atoms with Gasteiger partial charge in [-0.2, -0.15) is 13.5 Å². The van der Waals surface area contributed by atoms with Gasteiger partial charge in [0.1, 0.15) is 0 Å². The number of hydrogen-bond donors (Lipinski definition) is 1. The van der Waals surface area contributed by atoms with Gasteiger partial charge in [0.15, 0.2) is 11.5 Å². The lowest BCUT2D eigenvalue weighted by Gasteiger charge is -2.13. The van der Waals surface area contributed by atoms with E-state index in [9.17, 15) is 8.42 Å². The number of methoxy groups -OCH3 is 1. The molecule has 0 fully saturated rings. The molecule has 0 amide bonds. The number of benzene rings is 2. The van der Waals surface area contributed by atoms with Crippen LogP contribution in [-0.2, 0) is 10.0 Å². The summed E-state index contributed by atoms with van der Waals surface area (Å²) in [5.74, 6) is 1.12. The summed E-state index contributed by atoms with van der Waals surface area (Å²) in [6.07, 6.45) is 1.33. The smallest absolute Gasteiger partial charge is 0.276 e. The molecule has 0 bridgehead atoms. The van der Waals surface area contributed by atoms with E-state index in [0.29, 0.717) is 17.1 Å². The lowest BCUT2D eigenvalue weighted by molar-refractivity contribution is 0.230. The quantitative estimate of drug-likeness (QED) is 0.544. The van der Waals surface area contributed by atoms with Crippen molar-refractivity contribution in [2.75, 3.05) is 7.11 Å². The first-order valence-corrected chi connectivity index (χ1v) is 9.81. The fourth-order valence-corrected chi connectivity index (χ4v) is 3.17. The Labute approximate surface area is 162 Å². The number of hydrogen-bond acceptors (Lipinski definition) is 5. The Morgan fingerprint density at radius 2 is 1.81 bits per heavy atom. The molecule has 0 unspecified atom stereocenters. The number of nitrogens with zero attached hydrogens (tertiary/aromatic N) is 1. The van der Waals surface area contributed by atoms with Crippen LogP contribution in [0.25, 0.3) is 0 Å². The Morgan fingerprint density at radius 1 is 1.08 bits per heavy atom. The third-order valence-electron chi connectivity index (χ3n) is 3.14. The van der Waals surface area contributed by atoms with E-state index in [1.807, 2.05) is 13.8 Å². The molecule has 0 atom stereocenters. The number of nitrogens with one attached hydrogen (secondary N) is 1. The van der Waals surface area contributed by atoms with Gasteiger partial charge >= 0.3 is 0 Å². The van der Waals surface area contributed by atoms with Crippen molar-refractivity contribution in [2.45, 2.75) is 24.8 Å². The molecule has 2 aromatic rings. The first kappa shape index (κ1) is 20.4. The Bertz CT molecular complexity index is 915. The second-order valence-corrected chi connectivity index (χ2v) is 7.98. The second kappa shape index (κ2) is 8.62. The number of halogens is 2. The Morgan fingerprint density at radius 3 is 2.42 bits per heavy atom. The van der Waals surface area contributed by atoms with Gasteiger partial charge in [0.2, 0.25) is 0 Å². The van der Waals surface area contributed by atoms with Gasteiger partial charge in [-0.05, 0) is 55.8 Å². The highest BCUT2D eigenvalue weighted by Gasteiger charge is 2.14. The van der Waals surface area contributed by atoms with E-state index < -0.39 is 10.0 Å². The van der Waals surface area contributed by atoms with Gasteiger partial charge in [-0.3, -0.25) is 0 Å². The normalized spacial score (nSPS) is 11.8. The second-order valence-electron chi connectivity index (χ2n) is 5.51. The molecule has 2 aromatic carbocycles. The van der Waals surface area contributed by atoms with Crippen LogP contribution in [0.5, 0.6) is 11.5 Å². The molecular weight excluding hydrogens is 399 g/mol. The summed E-state index contributed by atoms with van der Waals surface area (Å²) in [5.41, 5.74) is 0.637. The van der Waals surface area contributed by atoms with E-state index in [0.717, 1.165) is 0 Å². The van der Waals surface area contributed by atoms with E-state index in [4.69, 9.17) is 32.7 Å². The molecular formula is C17H18Cl2N2O4S. The molecule has 1 N–H and O–H groups in total. The standard InChI is InChI=1S/C17H18Cl2N2O4S/c1-11(2)25-17-8-12(4-7-16(17)24-3)10-20-21-26(22,23)13-5-6-14(18)15(19)9-13/h4-11,21H,1-3H3/b20-10+. The Kier molecular flexibility index (Phi) is 6.75. The van der Waals surface area contributed by atoms with Crippen LogP contribution in [-0.4, -0.2) is 27.8 Å². The molecule has 0 radical (unpaired) electrons. The maximum Gasteiger partial charge on any atom is 0.276 e. The topological polar surface area (TPSA) is 77.0 Å². The molecule has 9 heteroatoms. The molecule has 0 aliphatic rings. The SMILES string of the molecule is COc1ccc(/C=N/NS(=O)(=O)c2ccc(Cl)c(Cl)c2)cc1OC(C)C. The monoisotopic (exact) mass is 416 g/mol. The van der Waals surface area contributed by atoms with E-state index in [2.05, 4.69) is 9.93 Å². The minimum absolute atomic E-state index is 0.0377. The van der Waals surface area contributed by atoms with Crippen molar-refractivity contribution in [1.29, 1.82) is 0 Å². The molecule has 26 heavy (non-hydrogen) atoms. The maximum absolute atomic E-state index is 12.2. The van der Waals surface area contributed by atoms with Crippen LogP contribution in [0.4, 0.5) is 0 Å². The predicted molar refractivity (Wildman–Crippen MR) is 103 cm³/mol. The Balaban J connectivity index is 2.17. The molecule has 2 rings (SSSR count). The highest BCUT2D eigenvalue weighted by molar-refractivity contribution is 7.89. The minimum atomic E-state index is -3.86. The van der Waals surface area contributed by atoms with E-state index in [1.165, 1.54) is 24.4 Å². The van der Waals surface area contributed by atoms with Crippen LogP contribution >= 0.6 is 23.2 Å². The summed E-state index contributed by atoms with van der Waals surface area (Å²) in [5, 5.41) is 4.19.